The quantitative estimate of drug-likeness (QED) is 0.199. The average molecular weight is 559 g/mol. The number of halogens is 3. The molecule has 0 bridgehead atoms. The lowest BCUT2D eigenvalue weighted by molar-refractivity contribution is -0.136. The van der Waals surface area contributed by atoms with Crippen LogP contribution < -0.4 is 5.32 Å². The Morgan fingerprint density at radius 2 is 1.33 bits per heavy atom. The van der Waals surface area contributed by atoms with Crippen LogP contribution in [0.1, 0.15) is 27.0 Å². The van der Waals surface area contributed by atoms with Crippen LogP contribution in [-0.2, 0) is 12.7 Å². The zero-order valence-corrected chi connectivity index (χ0v) is 22.4. The van der Waals surface area contributed by atoms with Gasteiger partial charge in [0.25, 0.3) is 0 Å². The van der Waals surface area contributed by atoms with Crippen LogP contribution in [0.2, 0.25) is 0 Å². The lowest BCUT2D eigenvalue weighted by Gasteiger charge is -2.17. The molecule has 1 heterocycles. The van der Waals surface area contributed by atoms with Gasteiger partial charge < -0.3 is 5.32 Å². The predicted molar refractivity (Wildman–Crippen MR) is 161 cm³/mol. The molecule has 0 aliphatic heterocycles. The lowest BCUT2D eigenvalue weighted by Crippen LogP contribution is -2.09. The molecule has 1 aromatic heterocycles. The number of rotatable bonds is 7. The number of carbonyl (C=O) groups is 1. The smallest absolute Gasteiger partial charge is 0.381 e. The maximum absolute atomic E-state index is 13.9. The number of carbonyl (C=O) groups excluding carboxylic acids is 1. The first kappa shape index (κ1) is 27.0. The molecular formula is C36H25F3N2O. The van der Waals surface area contributed by atoms with Crippen LogP contribution in [0.15, 0.2) is 134 Å². The Labute approximate surface area is 241 Å². The molecule has 0 aliphatic carbocycles. The van der Waals surface area contributed by atoms with E-state index < -0.39 is 11.7 Å². The summed E-state index contributed by atoms with van der Waals surface area (Å²) in [6, 6.07) is 38.4. The molecule has 0 saturated heterocycles. The minimum Gasteiger partial charge on any atom is -0.381 e. The minimum absolute atomic E-state index is 0.193. The fraction of sp³-hybridized carbons (Fsp3) is 0.0556. The molecule has 5 aromatic carbocycles. The van der Waals surface area contributed by atoms with Gasteiger partial charge in [0.1, 0.15) is 0 Å². The summed E-state index contributed by atoms with van der Waals surface area (Å²) in [7, 11) is 0. The van der Waals surface area contributed by atoms with Gasteiger partial charge in [-0.25, -0.2) is 0 Å². The normalized spacial score (nSPS) is 11.4. The first-order valence-corrected chi connectivity index (χ1v) is 13.5. The summed E-state index contributed by atoms with van der Waals surface area (Å²) in [6.45, 7) is 0.545. The summed E-state index contributed by atoms with van der Waals surface area (Å²) >= 11 is 0. The molecule has 0 fully saturated rings. The van der Waals surface area contributed by atoms with Crippen molar-refractivity contribution in [2.45, 2.75) is 12.7 Å². The molecule has 0 unspecified atom stereocenters. The van der Waals surface area contributed by atoms with Gasteiger partial charge in [0.15, 0.2) is 5.78 Å². The van der Waals surface area contributed by atoms with Crippen LogP contribution in [0.4, 0.5) is 18.9 Å². The number of para-hydroxylation sites is 1. The second-order valence-corrected chi connectivity index (χ2v) is 9.94. The van der Waals surface area contributed by atoms with Crippen LogP contribution in [0.3, 0.4) is 0 Å². The van der Waals surface area contributed by atoms with Gasteiger partial charge in [-0.1, -0.05) is 109 Å². The fourth-order valence-corrected chi connectivity index (χ4v) is 5.11. The second kappa shape index (κ2) is 11.3. The molecular weight excluding hydrogens is 533 g/mol. The first-order chi connectivity index (χ1) is 20.4. The first-order valence-electron chi connectivity index (χ1n) is 13.5. The SMILES string of the molecule is O=C(c1ccccc1)c1cnc2c(C(F)(F)F)cccc2c1-c1cccc(NCc2ccc(-c3ccccc3)cc2)c1. The molecule has 1 N–H and O–H groups in total. The molecule has 6 rings (SSSR count). The van der Waals surface area contributed by atoms with Crippen molar-refractivity contribution in [1.82, 2.24) is 4.98 Å². The van der Waals surface area contributed by atoms with Crippen molar-refractivity contribution in [1.29, 1.82) is 0 Å². The highest BCUT2D eigenvalue weighted by Crippen LogP contribution is 2.39. The highest BCUT2D eigenvalue weighted by molar-refractivity contribution is 6.16. The number of aromatic nitrogens is 1. The fourth-order valence-electron chi connectivity index (χ4n) is 5.11. The van der Waals surface area contributed by atoms with Crippen LogP contribution >= 0.6 is 0 Å². The molecule has 0 atom stereocenters. The van der Waals surface area contributed by atoms with E-state index >= 15 is 0 Å². The minimum atomic E-state index is -4.59. The second-order valence-electron chi connectivity index (χ2n) is 9.94. The highest BCUT2D eigenvalue weighted by Gasteiger charge is 2.34. The van der Waals surface area contributed by atoms with E-state index in [1.165, 1.54) is 12.3 Å². The van der Waals surface area contributed by atoms with E-state index in [1.807, 2.05) is 36.4 Å². The van der Waals surface area contributed by atoms with Gasteiger partial charge in [-0.2, -0.15) is 13.2 Å². The van der Waals surface area contributed by atoms with E-state index in [0.29, 0.717) is 23.2 Å². The number of pyridine rings is 1. The van der Waals surface area contributed by atoms with E-state index in [9.17, 15) is 18.0 Å². The molecule has 0 aliphatic rings. The summed E-state index contributed by atoms with van der Waals surface area (Å²) in [5.41, 5.74) is 4.78. The summed E-state index contributed by atoms with van der Waals surface area (Å²) in [5.74, 6) is -0.311. The number of hydrogen-bond donors (Lipinski definition) is 1. The molecule has 206 valence electrons. The molecule has 42 heavy (non-hydrogen) atoms. The number of hydrogen-bond acceptors (Lipinski definition) is 3. The third kappa shape index (κ3) is 5.52. The van der Waals surface area contributed by atoms with Crippen molar-refractivity contribution in [3.8, 4) is 22.3 Å². The van der Waals surface area contributed by atoms with Crippen molar-refractivity contribution < 1.29 is 18.0 Å². The maximum Gasteiger partial charge on any atom is 0.418 e. The number of nitrogens with zero attached hydrogens (tertiary/aromatic N) is 1. The van der Waals surface area contributed by atoms with E-state index in [0.717, 1.165) is 28.4 Å². The summed E-state index contributed by atoms with van der Waals surface area (Å²) < 4.78 is 41.7. The zero-order chi connectivity index (χ0) is 29.1. The van der Waals surface area contributed by atoms with Crippen LogP contribution in [0.5, 0.6) is 0 Å². The van der Waals surface area contributed by atoms with Gasteiger partial charge in [0.2, 0.25) is 0 Å². The molecule has 0 saturated carbocycles. The summed E-state index contributed by atoms with van der Waals surface area (Å²) in [5, 5.41) is 3.68. The van der Waals surface area contributed by atoms with Crippen molar-refractivity contribution in [3.63, 3.8) is 0 Å². The Morgan fingerprint density at radius 3 is 2.05 bits per heavy atom. The lowest BCUT2D eigenvalue weighted by atomic mass is 9.91. The number of benzene rings is 5. The largest absolute Gasteiger partial charge is 0.418 e. The van der Waals surface area contributed by atoms with Gasteiger partial charge in [-0.05, 0) is 40.5 Å². The van der Waals surface area contributed by atoms with Gasteiger partial charge in [-0.3, -0.25) is 9.78 Å². The van der Waals surface area contributed by atoms with Crippen LogP contribution in [-0.4, -0.2) is 10.8 Å². The third-order valence-corrected chi connectivity index (χ3v) is 7.19. The predicted octanol–water partition coefficient (Wildman–Crippen LogP) is 9.43. The van der Waals surface area contributed by atoms with Gasteiger partial charge >= 0.3 is 6.18 Å². The number of alkyl halides is 3. The Bertz CT molecular complexity index is 1870. The maximum atomic E-state index is 13.9. The standard InChI is InChI=1S/C36H25F3N2O/c37-36(38,39)32-16-8-15-30-33(31(23-41-34(30)32)35(42)27-11-5-2-6-12-27)28-13-7-14-29(21-28)40-22-24-17-19-26(20-18-24)25-9-3-1-4-10-25/h1-21,23,40H,22H2. The molecule has 6 heteroatoms. The summed E-state index contributed by atoms with van der Waals surface area (Å²) in [6.07, 6.45) is -3.33. The third-order valence-electron chi connectivity index (χ3n) is 7.19. The highest BCUT2D eigenvalue weighted by atomic mass is 19.4. The van der Waals surface area contributed by atoms with Crippen molar-refractivity contribution in [2.24, 2.45) is 0 Å². The van der Waals surface area contributed by atoms with Crippen molar-refractivity contribution in [3.05, 3.63) is 156 Å². The number of fused-ring (bicyclic) bond motifs is 1. The van der Waals surface area contributed by atoms with Crippen molar-refractivity contribution in [2.75, 3.05) is 5.32 Å². The Balaban J connectivity index is 1.37. The number of anilines is 1. The van der Waals surface area contributed by atoms with E-state index in [-0.39, 0.29) is 22.2 Å². The zero-order valence-electron chi connectivity index (χ0n) is 22.4. The average Bonchev–Trinajstić information content (AvgIpc) is 3.03. The van der Waals surface area contributed by atoms with Gasteiger partial charge in [0.05, 0.1) is 11.1 Å². The topological polar surface area (TPSA) is 42.0 Å². The monoisotopic (exact) mass is 558 g/mol. The molecule has 0 radical (unpaired) electrons. The van der Waals surface area contributed by atoms with Gasteiger partial charge in [-0.15, -0.1) is 0 Å². The van der Waals surface area contributed by atoms with E-state index in [4.69, 9.17) is 0 Å². The molecule has 0 amide bonds. The Morgan fingerprint density at radius 1 is 0.690 bits per heavy atom. The van der Waals surface area contributed by atoms with Crippen LogP contribution in [0, 0.1) is 0 Å². The Kier molecular flexibility index (Phi) is 7.28. The summed E-state index contributed by atoms with van der Waals surface area (Å²) in [4.78, 5) is 17.8. The van der Waals surface area contributed by atoms with Crippen molar-refractivity contribution >= 4 is 22.4 Å². The Hall–Kier alpha value is -5.23. The molecule has 3 nitrogen and oxygen atoms in total. The van der Waals surface area contributed by atoms with Gasteiger partial charge in [0, 0.05) is 40.5 Å². The number of ketones is 1. The number of nitrogens with one attached hydrogen (secondary N) is 1. The van der Waals surface area contributed by atoms with Crippen LogP contribution in [0.25, 0.3) is 33.2 Å². The molecule has 0 spiro atoms. The van der Waals surface area contributed by atoms with E-state index in [2.05, 4.69) is 46.7 Å². The molecule has 6 aromatic rings. The van der Waals surface area contributed by atoms with E-state index in [1.54, 1.807) is 42.5 Å².